The lowest BCUT2D eigenvalue weighted by molar-refractivity contribution is -0.132. The van der Waals surface area contributed by atoms with Gasteiger partial charge in [0.05, 0.1) is 23.6 Å². The van der Waals surface area contributed by atoms with Gasteiger partial charge in [-0.2, -0.15) is 0 Å². The van der Waals surface area contributed by atoms with Crippen molar-refractivity contribution in [2.24, 2.45) is 0 Å². The van der Waals surface area contributed by atoms with Crippen LogP contribution < -0.4 is 4.90 Å². The third-order valence-electron chi connectivity index (χ3n) is 6.40. The first kappa shape index (κ1) is 25.3. The number of benzene rings is 1. The molecular formula is C27H23FN4O5S. The van der Waals surface area contributed by atoms with Crippen molar-refractivity contribution in [2.45, 2.75) is 33.7 Å². The number of Topliss-reactive ketones (excluding diaryl/α,β-unsaturated/α-hetero) is 1. The topological polar surface area (TPSA) is 114 Å². The Labute approximate surface area is 220 Å². The predicted molar refractivity (Wildman–Crippen MR) is 139 cm³/mol. The normalized spacial score (nSPS) is 17.0. The number of ether oxygens (including phenoxy) is 1. The van der Waals surface area contributed by atoms with Crippen LogP contribution in [0.25, 0.3) is 11.4 Å². The number of carbonyl (C=O) groups excluding carboxylic acids is 3. The van der Waals surface area contributed by atoms with Crippen LogP contribution in [0, 0.1) is 26.6 Å². The minimum absolute atomic E-state index is 0.00234. The Morgan fingerprint density at radius 2 is 1.87 bits per heavy atom. The maximum Gasteiger partial charge on any atom is 0.350 e. The van der Waals surface area contributed by atoms with E-state index in [9.17, 15) is 19.5 Å². The molecule has 1 N–H and O–H groups in total. The Balaban J connectivity index is 1.75. The minimum atomic E-state index is -1.35. The molecule has 38 heavy (non-hydrogen) atoms. The number of halogens is 1. The van der Waals surface area contributed by atoms with E-state index in [2.05, 4.69) is 9.97 Å². The number of ketones is 1. The summed E-state index contributed by atoms with van der Waals surface area (Å²) < 4.78 is 22.0. The molecule has 1 aromatic carbocycles. The smallest absolute Gasteiger partial charge is 0.350 e. The van der Waals surface area contributed by atoms with Gasteiger partial charge in [0, 0.05) is 11.8 Å². The molecule has 1 atom stereocenters. The van der Waals surface area contributed by atoms with E-state index in [0.717, 1.165) is 21.8 Å². The van der Waals surface area contributed by atoms with Gasteiger partial charge in [0.15, 0.2) is 10.9 Å². The summed E-state index contributed by atoms with van der Waals surface area (Å²) in [5, 5.41) is 11.5. The number of aliphatic hydroxyl groups is 1. The number of carbonyl (C=O) groups is 3. The number of amides is 1. The lowest BCUT2D eigenvalue weighted by Crippen LogP contribution is -2.29. The summed E-state index contributed by atoms with van der Waals surface area (Å²) in [6, 6.07) is 8.01. The summed E-state index contributed by atoms with van der Waals surface area (Å²) in [7, 11) is 0. The van der Waals surface area contributed by atoms with Crippen LogP contribution in [0.4, 0.5) is 9.52 Å². The Bertz CT molecular complexity index is 1670. The first-order valence-corrected chi connectivity index (χ1v) is 12.6. The first-order valence-electron chi connectivity index (χ1n) is 11.8. The van der Waals surface area contributed by atoms with E-state index >= 15 is 4.39 Å². The zero-order valence-electron chi connectivity index (χ0n) is 21.0. The lowest BCUT2D eigenvalue weighted by Gasteiger charge is -2.23. The number of imidazole rings is 1. The highest BCUT2D eigenvalue weighted by atomic mass is 32.1. The summed E-state index contributed by atoms with van der Waals surface area (Å²) >= 11 is 0.854. The van der Waals surface area contributed by atoms with E-state index in [0.29, 0.717) is 17.0 Å². The highest BCUT2D eigenvalue weighted by Gasteiger charge is 2.49. The molecule has 1 amide bonds. The second-order valence-corrected chi connectivity index (χ2v) is 9.73. The SMILES string of the molecule is CCOC(=O)c1sc(N2C(=O)C(=O)/C(=C(/O)c3nc4c(C)cccn4c3C)C2c2ccccc2F)nc1C. The van der Waals surface area contributed by atoms with E-state index < -0.39 is 35.3 Å². The largest absolute Gasteiger partial charge is 0.505 e. The number of anilines is 1. The zero-order valence-corrected chi connectivity index (χ0v) is 21.8. The molecule has 11 heteroatoms. The number of pyridine rings is 1. The summed E-state index contributed by atoms with van der Waals surface area (Å²) in [6.45, 7) is 6.95. The van der Waals surface area contributed by atoms with Gasteiger partial charge in [-0.15, -0.1) is 0 Å². The van der Waals surface area contributed by atoms with Crippen molar-refractivity contribution in [3.63, 3.8) is 0 Å². The van der Waals surface area contributed by atoms with Crippen LogP contribution in [-0.4, -0.2) is 43.7 Å². The predicted octanol–water partition coefficient (Wildman–Crippen LogP) is 4.66. The summed E-state index contributed by atoms with van der Waals surface area (Å²) in [4.78, 5) is 49.3. The average molecular weight is 535 g/mol. The number of esters is 1. The maximum atomic E-state index is 15.2. The third-order valence-corrected chi connectivity index (χ3v) is 7.54. The van der Waals surface area contributed by atoms with Gasteiger partial charge >= 0.3 is 11.9 Å². The number of fused-ring (bicyclic) bond motifs is 1. The van der Waals surface area contributed by atoms with Crippen molar-refractivity contribution in [1.29, 1.82) is 0 Å². The molecule has 194 valence electrons. The number of hydrogen-bond acceptors (Lipinski definition) is 8. The van der Waals surface area contributed by atoms with Crippen LogP contribution >= 0.6 is 11.3 Å². The molecule has 1 aliphatic heterocycles. The molecule has 1 unspecified atom stereocenters. The fourth-order valence-corrected chi connectivity index (χ4v) is 5.55. The Morgan fingerprint density at radius 1 is 1.13 bits per heavy atom. The first-order chi connectivity index (χ1) is 18.1. The van der Waals surface area contributed by atoms with Crippen LogP contribution in [-0.2, 0) is 14.3 Å². The van der Waals surface area contributed by atoms with Gasteiger partial charge in [0.25, 0.3) is 5.78 Å². The van der Waals surface area contributed by atoms with Crippen molar-refractivity contribution in [3.8, 4) is 0 Å². The molecule has 1 aliphatic rings. The second-order valence-electron chi connectivity index (χ2n) is 8.75. The average Bonchev–Trinajstić information content (AvgIpc) is 3.52. The van der Waals surface area contributed by atoms with E-state index in [4.69, 9.17) is 4.74 Å². The van der Waals surface area contributed by atoms with Crippen LogP contribution in [0.15, 0.2) is 48.2 Å². The minimum Gasteiger partial charge on any atom is -0.505 e. The number of aromatic nitrogens is 3. The number of aryl methyl sites for hydroxylation is 3. The molecule has 0 saturated carbocycles. The van der Waals surface area contributed by atoms with E-state index in [1.54, 1.807) is 37.4 Å². The molecule has 0 bridgehead atoms. The Hall–Kier alpha value is -4.38. The van der Waals surface area contributed by atoms with Crippen LogP contribution in [0.3, 0.4) is 0 Å². The van der Waals surface area contributed by atoms with E-state index in [1.807, 2.05) is 19.1 Å². The van der Waals surface area contributed by atoms with E-state index in [1.165, 1.54) is 18.2 Å². The van der Waals surface area contributed by atoms with Crippen molar-refractivity contribution < 1.29 is 28.6 Å². The number of thiazole rings is 1. The van der Waals surface area contributed by atoms with Gasteiger partial charge < -0.3 is 14.2 Å². The number of rotatable bonds is 5. The molecule has 1 saturated heterocycles. The van der Waals surface area contributed by atoms with Crippen LogP contribution in [0.1, 0.15) is 50.8 Å². The Kier molecular flexibility index (Phi) is 6.31. The zero-order chi connectivity index (χ0) is 27.3. The molecule has 0 radical (unpaired) electrons. The maximum absolute atomic E-state index is 15.2. The number of nitrogens with zero attached hydrogens (tertiary/aromatic N) is 4. The molecule has 0 aliphatic carbocycles. The van der Waals surface area contributed by atoms with Gasteiger partial charge in [-0.3, -0.25) is 14.5 Å². The molecule has 4 heterocycles. The fraction of sp³-hybridized carbons (Fsp3) is 0.222. The van der Waals surface area contributed by atoms with E-state index in [-0.39, 0.29) is 33.4 Å². The third kappa shape index (κ3) is 3.86. The van der Waals surface area contributed by atoms with Crippen LogP contribution in [0.5, 0.6) is 0 Å². The van der Waals surface area contributed by atoms with Crippen molar-refractivity contribution >= 4 is 45.5 Å². The fourth-order valence-electron chi connectivity index (χ4n) is 4.57. The molecule has 5 rings (SSSR count). The lowest BCUT2D eigenvalue weighted by atomic mass is 9.96. The van der Waals surface area contributed by atoms with Crippen molar-refractivity contribution in [2.75, 3.05) is 11.5 Å². The quantitative estimate of drug-likeness (QED) is 0.171. The molecule has 0 spiro atoms. The Morgan fingerprint density at radius 3 is 2.55 bits per heavy atom. The highest BCUT2D eigenvalue weighted by Crippen LogP contribution is 2.44. The molecule has 1 fully saturated rings. The van der Waals surface area contributed by atoms with Crippen LogP contribution in [0.2, 0.25) is 0 Å². The summed E-state index contributed by atoms with van der Waals surface area (Å²) in [5.41, 5.74) is 1.99. The van der Waals surface area contributed by atoms with Gasteiger partial charge in [0.1, 0.15) is 28.1 Å². The second kappa shape index (κ2) is 9.49. The van der Waals surface area contributed by atoms with Gasteiger partial charge in [-0.1, -0.05) is 35.6 Å². The van der Waals surface area contributed by atoms with Gasteiger partial charge in [-0.25, -0.2) is 19.2 Å². The van der Waals surface area contributed by atoms with Crippen molar-refractivity contribution in [1.82, 2.24) is 14.4 Å². The summed E-state index contributed by atoms with van der Waals surface area (Å²) in [6.07, 6.45) is 1.77. The van der Waals surface area contributed by atoms with Gasteiger partial charge in [0.2, 0.25) is 0 Å². The number of hydrogen-bond donors (Lipinski definition) is 1. The molecule has 9 nitrogen and oxygen atoms in total. The molecular weight excluding hydrogens is 511 g/mol. The summed E-state index contributed by atoms with van der Waals surface area (Å²) in [5.74, 6) is -3.87. The standard InChI is InChI=1S/C27H23FN4O5S/c1-5-37-26(36)23-14(3)29-27(38-23)32-20(16-10-6-7-11-17(16)28)18(22(34)25(32)35)21(33)19-15(4)31-12-8-9-13(2)24(31)30-19/h6-12,20,33H,5H2,1-4H3/b21-18+. The molecule has 4 aromatic rings. The van der Waals surface area contributed by atoms with Crippen molar-refractivity contribution in [3.05, 3.63) is 87.1 Å². The highest BCUT2D eigenvalue weighted by molar-refractivity contribution is 7.17. The monoisotopic (exact) mass is 534 g/mol. The number of aliphatic hydroxyl groups excluding tert-OH is 1. The van der Waals surface area contributed by atoms with Gasteiger partial charge in [-0.05, 0) is 45.4 Å². The molecule has 3 aromatic heterocycles.